The Kier molecular flexibility index (Phi) is 5.27. The Balaban J connectivity index is 2.17. The van der Waals surface area contributed by atoms with Crippen molar-refractivity contribution < 1.29 is 18.1 Å². The smallest absolute Gasteiger partial charge is 0.289 e. The number of carbonyl (C=O) groups excluding carboxylic acids is 1. The maximum absolute atomic E-state index is 12.3. The third-order valence-corrected chi connectivity index (χ3v) is 4.71. The molecule has 0 fully saturated rings. The number of hydrogen-bond donors (Lipinski definition) is 2. The monoisotopic (exact) mass is 349 g/mol. The van der Waals surface area contributed by atoms with Gasteiger partial charge in [0.25, 0.3) is 5.69 Å². The number of para-hydroxylation sites is 2. The number of nitro groups is 1. The molecule has 8 nitrogen and oxygen atoms in total. The lowest BCUT2D eigenvalue weighted by atomic mass is 10.3. The van der Waals surface area contributed by atoms with Gasteiger partial charge in [0.1, 0.15) is 0 Å². The summed E-state index contributed by atoms with van der Waals surface area (Å²) < 4.78 is 26.8. The average molecular weight is 349 g/mol. The van der Waals surface area contributed by atoms with Crippen molar-refractivity contribution in [1.82, 2.24) is 4.72 Å². The normalized spacial score (nSPS) is 12.4. The molecule has 0 aromatic heterocycles. The summed E-state index contributed by atoms with van der Waals surface area (Å²) in [6.45, 7) is 1.35. The van der Waals surface area contributed by atoms with Gasteiger partial charge in [0.2, 0.25) is 15.9 Å². The van der Waals surface area contributed by atoms with Gasteiger partial charge in [-0.1, -0.05) is 30.3 Å². The van der Waals surface area contributed by atoms with Crippen LogP contribution in [0.4, 0.5) is 11.4 Å². The van der Waals surface area contributed by atoms with Crippen LogP contribution >= 0.6 is 0 Å². The largest absolute Gasteiger partial charge is 0.325 e. The summed E-state index contributed by atoms with van der Waals surface area (Å²) >= 11 is 0. The summed E-state index contributed by atoms with van der Waals surface area (Å²) in [4.78, 5) is 21.8. The van der Waals surface area contributed by atoms with Gasteiger partial charge in [0.15, 0.2) is 4.90 Å². The number of hydrogen-bond acceptors (Lipinski definition) is 5. The van der Waals surface area contributed by atoms with E-state index in [1.165, 1.54) is 19.1 Å². The number of carbonyl (C=O) groups is 1. The number of benzene rings is 2. The van der Waals surface area contributed by atoms with Crippen molar-refractivity contribution in [1.29, 1.82) is 0 Å². The van der Waals surface area contributed by atoms with E-state index in [2.05, 4.69) is 10.0 Å². The molecule has 0 saturated heterocycles. The lowest BCUT2D eigenvalue weighted by Gasteiger charge is -2.14. The van der Waals surface area contributed by atoms with Crippen molar-refractivity contribution >= 4 is 27.3 Å². The molecule has 0 aliphatic heterocycles. The number of nitrogens with zero attached hydrogens (tertiary/aromatic N) is 1. The number of anilines is 1. The van der Waals surface area contributed by atoms with E-state index in [0.29, 0.717) is 5.69 Å². The van der Waals surface area contributed by atoms with Crippen molar-refractivity contribution in [3.63, 3.8) is 0 Å². The topological polar surface area (TPSA) is 118 Å². The fourth-order valence-corrected chi connectivity index (χ4v) is 3.33. The second-order valence-corrected chi connectivity index (χ2v) is 6.61. The van der Waals surface area contributed by atoms with Crippen molar-refractivity contribution in [3.05, 3.63) is 64.7 Å². The number of rotatable bonds is 6. The first kappa shape index (κ1) is 17.6. The molecule has 9 heteroatoms. The summed E-state index contributed by atoms with van der Waals surface area (Å²) in [6, 6.07) is 12.3. The Bertz CT molecular complexity index is 852. The summed E-state index contributed by atoms with van der Waals surface area (Å²) in [5.41, 5.74) is -0.0418. The SMILES string of the molecule is C[C@@H](NS(=O)(=O)c1ccccc1[N+](=O)[O-])C(=O)Nc1ccccc1. The highest BCUT2D eigenvalue weighted by atomic mass is 32.2. The molecular formula is C15H15N3O5S. The first-order valence-corrected chi connectivity index (χ1v) is 8.41. The molecule has 2 aromatic carbocycles. The molecule has 0 aliphatic carbocycles. The van der Waals surface area contributed by atoms with Crippen LogP contribution in [0.2, 0.25) is 0 Å². The van der Waals surface area contributed by atoms with Gasteiger partial charge in [-0.15, -0.1) is 0 Å². The minimum absolute atomic E-state index is 0.491. The highest BCUT2D eigenvalue weighted by Crippen LogP contribution is 2.22. The van der Waals surface area contributed by atoms with Gasteiger partial charge in [-0.05, 0) is 25.1 Å². The molecule has 2 rings (SSSR count). The van der Waals surface area contributed by atoms with Crippen LogP contribution in [-0.2, 0) is 14.8 Å². The van der Waals surface area contributed by atoms with Crippen molar-refractivity contribution in [3.8, 4) is 0 Å². The van der Waals surface area contributed by atoms with Gasteiger partial charge >= 0.3 is 0 Å². The minimum atomic E-state index is -4.22. The Morgan fingerprint density at radius 2 is 1.67 bits per heavy atom. The highest BCUT2D eigenvalue weighted by molar-refractivity contribution is 7.89. The molecule has 0 unspecified atom stereocenters. The van der Waals surface area contributed by atoms with Gasteiger partial charge in [-0.2, -0.15) is 4.72 Å². The maximum Gasteiger partial charge on any atom is 0.289 e. The third-order valence-electron chi connectivity index (χ3n) is 3.12. The van der Waals surface area contributed by atoms with Crippen LogP contribution in [0.25, 0.3) is 0 Å². The Labute approximate surface area is 138 Å². The Morgan fingerprint density at radius 3 is 2.29 bits per heavy atom. The second kappa shape index (κ2) is 7.20. The third kappa shape index (κ3) is 4.15. The number of amides is 1. The molecule has 1 atom stereocenters. The quantitative estimate of drug-likeness (QED) is 0.610. The van der Waals surface area contributed by atoms with E-state index in [4.69, 9.17) is 0 Å². The average Bonchev–Trinajstić information content (AvgIpc) is 2.55. The standard InChI is InChI=1S/C15H15N3O5S/c1-11(15(19)16-12-7-3-2-4-8-12)17-24(22,23)14-10-6-5-9-13(14)18(20)21/h2-11,17H,1H3,(H,16,19)/t11-/m1/s1. The van der Waals surface area contributed by atoms with E-state index in [-0.39, 0.29) is 0 Å². The van der Waals surface area contributed by atoms with E-state index >= 15 is 0 Å². The lowest BCUT2D eigenvalue weighted by Crippen LogP contribution is -2.41. The molecule has 126 valence electrons. The van der Waals surface area contributed by atoms with Crippen molar-refractivity contribution in [2.45, 2.75) is 17.9 Å². The predicted molar refractivity (Wildman–Crippen MR) is 88.0 cm³/mol. The zero-order chi connectivity index (χ0) is 17.7. The summed E-state index contributed by atoms with van der Waals surface area (Å²) in [5, 5.41) is 13.5. The molecule has 0 saturated carbocycles. The molecule has 0 aliphatic rings. The molecule has 2 aromatic rings. The molecule has 1 amide bonds. The van der Waals surface area contributed by atoms with Crippen LogP contribution in [0.1, 0.15) is 6.92 Å². The van der Waals surface area contributed by atoms with E-state index in [9.17, 15) is 23.3 Å². The van der Waals surface area contributed by atoms with Gasteiger partial charge in [0.05, 0.1) is 11.0 Å². The molecule has 0 spiro atoms. The fraction of sp³-hybridized carbons (Fsp3) is 0.133. The second-order valence-electron chi connectivity index (χ2n) is 4.92. The number of nitro benzene ring substituents is 1. The number of sulfonamides is 1. The van der Waals surface area contributed by atoms with Gasteiger partial charge in [0, 0.05) is 11.8 Å². The molecule has 0 heterocycles. The highest BCUT2D eigenvalue weighted by Gasteiger charge is 2.28. The van der Waals surface area contributed by atoms with Crippen LogP contribution in [0.3, 0.4) is 0 Å². The van der Waals surface area contributed by atoms with E-state index in [0.717, 1.165) is 12.1 Å². The van der Waals surface area contributed by atoms with E-state index in [1.54, 1.807) is 30.3 Å². The first-order chi connectivity index (χ1) is 11.3. The van der Waals surface area contributed by atoms with Crippen LogP contribution in [0.5, 0.6) is 0 Å². The minimum Gasteiger partial charge on any atom is -0.325 e. The zero-order valence-corrected chi connectivity index (χ0v) is 13.5. The molecule has 2 N–H and O–H groups in total. The van der Waals surface area contributed by atoms with Gasteiger partial charge < -0.3 is 5.32 Å². The van der Waals surface area contributed by atoms with E-state index in [1.807, 2.05) is 0 Å². The zero-order valence-electron chi connectivity index (χ0n) is 12.7. The van der Waals surface area contributed by atoms with Gasteiger partial charge in [-0.25, -0.2) is 8.42 Å². The summed E-state index contributed by atoms with van der Waals surface area (Å²) in [7, 11) is -4.22. The van der Waals surface area contributed by atoms with Crippen LogP contribution in [0.15, 0.2) is 59.5 Å². The first-order valence-electron chi connectivity index (χ1n) is 6.93. The fourth-order valence-electron chi connectivity index (χ4n) is 1.96. The van der Waals surface area contributed by atoms with Crippen molar-refractivity contribution in [2.75, 3.05) is 5.32 Å². The lowest BCUT2D eigenvalue weighted by molar-refractivity contribution is -0.387. The maximum atomic E-state index is 12.3. The summed E-state index contributed by atoms with van der Waals surface area (Å²) in [5.74, 6) is -0.580. The summed E-state index contributed by atoms with van der Waals surface area (Å²) in [6.07, 6.45) is 0. The van der Waals surface area contributed by atoms with Crippen LogP contribution < -0.4 is 10.0 Å². The van der Waals surface area contributed by atoms with Gasteiger partial charge in [-0.3, -0.25) is 14.9 Å². The Hall–Kier alpha value is -2.78. The Morgan fingerprint density at radius 1 is 1.08 bits per heavy atom. The molecular weight excluding hydrogens is 334 g/mol. The van der Waals surface area contributed by atoms with Crippen molar-refractivity contribution in [2.24, 2.45) is 0 Å². The number of nitrogens with one attached hydrogen (secondary N) is 2. The van der Waals surface area contributed by atoms with Crippen LogP contribution in [0, 0.1) is 10.1 Å². The molecule has 0 radical (unpaired) electrons. The molecule has 0 bridgehead atoms. The molecule has 24 heavy (non-hydrogen) atoms. The predicted octanol–water partition coefficient (Wildman–Crippen LogP) is 1.90. The van der Waals surface area contributed by atoms with Crippen LogP contribution in [-0.4, -0.2) is 25.3 Å². The van der Waals surface area contributed by atoms with E-state index < -0.39 is 37.5 Å².